The van der Waals surface area contributed by atoms with Gasteiger partial charge in [0, 0.05) is 24.2 Å². The van der Waals surface area contributed by atoms with Crippen LogP contribution in [0.3, 0.4) is 0 Å². The fourth-order valence-electron chi connectivity index (χ4n) is 4.32. The van der Waals surface area contributed by atoms with Crippen molar-refractivity contribution in [3.8, 4) is 0 Å². The van der Waals surface area contributed by atoms with Crippen LogP contribution in [0, 0.1) is 5.92 Å². The molecule has 6 heteroatoms. The van der Waals surface area contributed by atoms with Crippen LogP contribution < -0.4 is 9.21 Å². The lowest BCUT2D eigenvalue weighted by atomic mass is 10.1. The van der Waals surface area contributed by atoms with Gasteiger partial charge in [-0.3, -0.25) is 9.10 Å². The number of sulfonamides is 1. The van der Waals surface area contributed by atoms with Crippen molar-refractivity contribution >= 4 is 27.3 Å². The molecule has 0 aromatic heterocycles. The molecule has 0 unspecified atom stereocenters. The highest BCUT2D eigenvalue weighted by Gasteiger charge is 2.40. The Morgan fingerprint density at radius 2 is 1.81 bits per heavy atom. The summed E-state index contributed by atoms with van der Waals surface area (Å²) in [6.45, 7) is 2.51. The van der Waals surface area contributed by atoms with Gasteiger partial charge in [-0.2, -0.15) is 0 Å². The highest BCUT2D eigenvalue weighted by molar-refractivity contribution is 7.92. The van der Waals surface area contributed by atoms with Crippen molar-refractivity contribution in [1.29, 1.82) is 0 Å². The number of fused-ring (bicyclic) bond motifs is 2. The van der Waals surface area contributed by atoms with Crippen LogP contribution in [0.4, 0.5) is 11.4 Å². The molecule has 0 saturated heterocycles. The van der Waals surface area contributed by atoms with E-state index in [0.717, 1.165) is 41.8 Å². The first kappa shape index (κ1) is 16.8. The SMILES string of the molecule is C[C@H]1Cc2cc(S(=O)(=O)N3CCc4ccccc43)ccc2N1C(=O)C1CC1. The van der Waals surface area contributed by atoms with Crippen LogP contribution in [0.2, 0.25) is 0 Å². The van der Waals surface area contributed by atoms with E-state index < -0.39 is 10.0 Å². The molecule has 3 aliphatic rings. The number of anilines is 2. The van der Waals surface area contributed by atoms with Crippen molar-refractivity contribution in [2.75, 3.05) is 15.7 Å². The Morgan fingerprint density at radius 1 is 1.04 bits per heavy atom. The molecule has 27 heavy (non-hydrogen) atoms. The van der Waals surface area contributed by atoms with E-state index in [4.69, 9.17) is 0 Å². The van der Waals surface area contributed by atoms with Crippen molar-refractivity contribution in [3.63, 3.8) is 0 Å². The van der Waals surface area contributed by atoms with Gasteiger partial charge in [0.25, 0.3) is 10.0 Å². The van der Waals surface area contributed by atoms with Crippen LogP contribution in [0.1, 0.15) is 30.9 Å². The number of para-hydroxylation sites is 1. The fraction of sp³-hybridized carbons (Fsp3) is 0.381. The number of hydrogen-bond donors (Lipinski definition) is 0. The lowest BCUT2D eigenvalue weighted by molar-refractivity contribution is -0.120. The zero-order valence-corrected chi connectivity index (χ0v) is 16.1. The summed E-state index contributed by atoms with van der Waals surface area (Å²) in [6.07, 6.45) is 3.38. The molecule has 2 heterocycles. The summed E-state index contributed by atoms with van der Waals surface area (Å²) in [7, 11) is -3.60. The Bertz CT molecular complexity index is 1040. The lowest BCUT2D eigenvalue weighted by Gasteiger charge is -2.23. The first-order valence-corrected chi connectivity index (χ1v) is 11.0. The van der Waals surface area contributed by atoms with Crippen molar-refractivity contribution in [2.24, 2.45) is 5.92 Å². The number of benzene rings is 2. The van der Waals surface area contributed by atoms with Crippen LogP contribution in [-0.2, 0) is 27.7 Å². The maximum atomic E-state index is 13.3. The van der Waals surface area contributed by atoms with Crippen LogP contribution in [0.15, 0.2) is 47.4 Å². The summed E-state index contributed by atoms with van der Waals surface area (Å²) in [5.74, 6) is 0.341. The molecule has 0 N–H and O–H groups in total. The second-order valence-corrected chi connectivity index (χ2v) is 9.64. The molecule has 1 atom stereocenters. The van der Waals surface area contributed by atoms with Gasteiger partial charge >= 0.3 is 0 Å². The van der Waals surface area contributed by atoms with Gasteiger partial charge in [0.15, 0.2) is 0 Å². The number of amides is 1. The third-order valence-electron chi connectivity index (χ3n) is 5.86. The Morgan fingerprint density at radius 3 is 2.59 bits per heavy atom. The van der Waals surface area contributed by atoms with E-state index in [9.17, 15) is 13.2 Å². The zero-order chi connectivity index (χ0) is 18.8. The Kier molecular flexibility index (Phi) is 3.63. The maximum absolute atomic E-state index is 13.3. The van der Waals surface area contributed by atoms with E-state index in [2.05, 4.69) is 0 Å². The van der Waals surface area contributed by atoms with Crippen LogP contribution in [0.25, 0.3) is 0 Å². The standard InChI is InChI=1S/C21H22N2O3S/c1-14-12-17-13-18(8-9-20(17)23(14)21(24)16-6-7-16)27(25,26)22-11-10-15-4-2-3-5-19(15)22/h2-5,8-9,13-14,16H,6-7,10-12H2,1H3/t14-/m0/s1. The molecule has 2 aliphatic heterocycles. The molecule has 1 amide bonds. The van der Waals surface area contributed by atoms with Crippen molar-refractivity contribution in [1.82, 2.24) is 0 Å². The fourth-order valence-corrected chi connectivity index (χ4v) is 5.87. The number of nitrogens with zero attached hydrogens (tertiary/aromatic N) is 2. The molecule has 1 saturated carbocycles. The first-order valence-electron chi connectivity index (χ1n) is 9.53. The van der Waals surface area contributed by atoms with E-state index >= 15 is 0 Å². The summed E-state index contributed by atoms with van der Waals surface area (Å²) in [6, 6.07) is 13.0. The van der Waals surface area contributed by atoms with Gasteiger partial charge in [-0.25, -0.2) is 8.42 Å². The molecular weight excluding hydrogens is 360 g/mol. The van der Waals surface area contributed by atoms with Crippen LogP contribution >= 0.6 is 0 Å². The van der Waals surface area contributed by atoms with Gasteiger partial charge in [0.05, 0.1) is 10.6 Å². The molecule has 1 fully saturated rings. The normalized spacial score (nSPS) is 21.3. The zero-order valence-electron chi connectivity index (χ0n) is 15.3. The van der Waals surface area contributed by atoms with Gasteiger partial charge in [0.2, 0.25) is 5.91 Å². The number of rotatable bonds is 3. The lowest BCUT2D eigenvalue weighted by Crippen LogP contribution is -2.36. The second kappa shape index (κ2) is 5.83. The molecule has 140 valence electrons. The summed E-state index contributed by atoms with van der Waals surface area (Å²) in [4.78, 5) is 14.8. The maximum Gasteiger partial charge on any atom is 0.264 e. The van der Waals surface area contributed by atoms with E-state index in [1.165, 1.54) is 4.31 Å². The summed E-state index contributed by atoms with van der Waals surface area (Å²) < 4.78 is 28.0. The third kappa shape index (κ3) is 2.57. The van der Waals surface area contributed by atoms with Gasteiger partial charge in [-0.1, -0.05) is 18.2 Å². The molecule has 0 radical (unpaired) electrons. The first-order chi connectivity index (χ1) is 13.0. The van der Waals surface area contributed by atoms with Gasteiger partial charge in [-0.05, 0) is 68.0 Å². The quantitative estimate of drug-likeness (QED) is 0.820. The third-order valence-corrected chi connectivity index (χ3v) is 7.67. The summed E-state index contributed by atoms with van der Waals surface area (Å²) >= 11 is 0. The molecule has 1 aliphatic carbocycles. The second-order valence-electron chi connectivity index (χ2n) is 7.78. The van der Waals surface area contributed by atoms with E-state index in [1.807, 2.05) is 42.2 Å². The van der Waals surface area contributed by atoms with Gasteiger partial charge in [0.1, 0.15) is 0 Å². The Hall–Kier alpha value is -2.34. The minimum absolute atomic E-state index is 0.0820. The molecule has 5 nitrogen and oxygen atoms in total. The highest BCUT2D eigenvalue weighted by atomic mass is 32.2. The van der Waals surface area contributed by atoms with E-state index in [-0.39, 0.29) is 17.9 Å². The van der Waals surface area contributed by atoms with Gasteiger partial charge < -0.3 is 4.90 Å². The van der Waals surface area contributed by atoms with Crippen LogP contribution in [-0.4, -0.2) is 26.9 Å². The van der Waals surface area contributed by atoms with Gasteiger partial charge in [-0.15, -0.1) is 0 Å². The number of hydrogen-bond acceptors (Lipinski definition) is 3. The Labute approximate surface area is 159 Å². The van der Waals surface area contributed by atoms with Crippen LogP contribution in [0.5, 0.6) is 0 Å². The smallest absolute Gasteiger partial charge is 0.264 e. The monoisotopic (exact) mass is 382 g/mol. The molecule has 0 bridgehead atoms. The topological polar surface area (TPSA) is 57.7 Å². The van der Waals surface area contributed by atoms with Crippen molar-refractivity contribution in [3.05, 3.63) is 53.6 Å². The number of carbonyl (C=O) groups excluding carboxylic acids is 1. The average molecular weight is 382 g/mol. The van der Waals surface area contributed by atoms with Crippen molar-refractivity contribution in [2.45, 2.75) is 43.5 Å². The molecule has 2 aromatic rings. The Balaban J connectivity index is 1.51. The molecule has 0 spiro atoms. The molecule has 2 aromatic carbocycles. The van der Waals surface area contributed by atoms with E-state index in [1.54, 1.807) is 12.1 Å². The minimum atomic E-state index is -3.60. The molecular formula is C21H22N2O3S. The molecule has 5 rings (SSSR count). The summed E-state index contributed by atoms with van der Waals surface area (Å²) in [5, 5.41) is 0. The van der Waals surface area contributed by atoms with Crippen molar-refractivity contribution < 1.29 is 13.2 Å². The highest BCUT2D eigenvalue weighted by Crippen LogP contribution is 2.40. The largest absolute Gasteiger partial charge is 0.309 e. The summed E-state index contributed by atoms with van der Waals surface area (Å²) in [5.41, 5.74) is 3.67. The minimum Gasteiger partial charge on any atom is -0.309 e. The van der Waals surface area contributed by atoms with E-state index in [0.29, 0.717) is 17.9 Å². The number of carbonyl (C=O) groups is 1. The predicted octanol–water partition coefficient (Wildman–Crippen LogP) is 3.13. The predicted molar refractivity (Wildman–Crippen MR) is 104 cm³/mol. The average Bonchev–Trinajstić information content (AvgIpc) is 3.32.